The van der Waals surface area contributed by atoms with Gasteiger partial charge in [-0.1, -0.05) is 31.9 Å². The van der Waals surface area contributed by atoms with Crippen LogP contribution in [0.5, 0.6) is 11.5 Å². The molecule has 1 aliphatic heterocycles. The number of methoxy groups -OCH3 is 1. The van der Waals surface area contributed by atoms with Crippen LogP contribution in [0.15, 0.2) is 39.3 Å². The molecular weight excluding hydrogens is 422 g/mol. The minimum Gasteiger partial charge on any atom is -0.493 e. The Kier molecular flexibility index (Phi) is 5.29. The number of benzene rings is 2. The highest BCUT2D eigenvalue weighted by Crippen LogP contribution is 2.39. The Hall–Kier alpha value is -1.04. The molecule has 0 amide bonds. The summed E-state index contributed by atoms with van der Waals surface area (Å²) >= 11 is 7.25. The molecule has 23 heavy (non-hydrogen) atoms. The van der Waals surface area contributed by atoms with Gasteiger partial charge in [-0.3, -0.25) is 0 Å². The SMILES string of the molecule is CCOc1cc2c(cc1OC)CCNC2c1cc(Br)ccc1Br. The standard InChI is InChI=1S/C18H19Br2NO2/c1-3-23-17-10-13-11(8-16(17)22-2)6-7-21-18(13)14-9-12(19)4-5-15(14)20/h4-5,8-10,18,21H,3,6-7H2,1-2H3. The largest absolute Gasteiger partial charge is 0.493 e. The van der Waals surface area contributed by atoms with Gasteiger partial charge in [0.1, 0.15) is 0 Å². The highest BCUT2D eigenvalue weighted by Gasteiger charge is 2.25. The Labute approximate surface area is 153 Å². The normalized spacial score (nSPS) is 16.8. The average Bonchev–Trinajstić information content (AvgIpc) is 2.56. The summed E-state index contributed by atoms with van der Waals surface area (Å²) < 4.78 is 13.4. The maximum absolute atomic E-state index is 5.76. The predicted molar refractivity (Wildman–Crippen MR) is 99.6 cm³/mol. The highest BCUT2D eigenvalue weighted by atomic mass is 79.9. The lowest BCUT2D eigenvalue weighted by molar-refractivity contribution is 0.309. The van der Waals surface area contributed by atoms with Gasteiger partial charge >= 0.3 is 0 Å². The molecule has 1 atom stereocenters. The van der Waals surface area contributed by atoms with Crippen molar-refractivity contribution in [2.75, 3.05) is 20.3 Å². The van der Waals surface area contributed by atoms with Crippen LogP contribution in [-0.4, -0.2) is 20.3 Å². The van der Waals surface area contributed by atoms with E-state index in [1.807, 2.05) is 13.0 Å². The van der Waals surface area contributed by atoms with Crippen LogP contribution in [0.2, 0.25) is 0 Å². The number of halogens is 2. The van der Waals surface area contributed by atoms with E-state index in [0.29, 0.717) is 6.61 Å². The third-order valence-electron chi connectivity index (χ3n) is 4.05. The minimum atomic E-state index is 0.135. The maximum Gasteiger partial charge on any atom is 0.161 e. The van der Waals surface area contributed by atoms with Crippen LogP contribution in [0.3, 0.4) is 0 Å². The van der Waals surface area contributed by atoms with Crippen molar-refractivity contribution in [3.63, 3.8) is 0 Å². The fourth-order valence-electron chi connectivity index (χ4n) is 3.01. The Morgan fingerprint density at radius 1 is 1.13 bits per heavy atom. The molecule has 3 rings (SSSR count). The van der Waals surface area contributed by atoms with E-state index in [1.165, 1.54) is 16.7 Å². The lowest BCUT2D eigenvalue weighted by Crippen LogP contribution is -2.31. The van der Waals surface area contributed by atoms with Crippen LogP contribution in [-0.2, 0) is 6.42 Å². The molecule has 0 fully saturated rings. The monoisotopic (exact) mass is 439 g/mol. The first-order valence-electron chi connectivity index (χ1n) is 7.66. The molecule has 0 bridgehead atoms. The summed E-state index contributed by atoms with van der Waals surface area (Å²) in [7, 11) is 1.69. The molecule has 2 aromatic rings. The summed E-state index contributed by atoms with van der Waals surface area (Å²) in [6.07, 6.45) is 0.986. The van der Waals surface area contributed by atoms with Crippen LogP contribution < -0.4 is 14.8 Å². The van der Waals surface area contributed by atoms with Gasteiger partial charge in [-0.2, -0.15) is 0 Å². The Morgan fingerprint density at radius 3 is 2.70 bits per heavy atom. The molecule has 122 valence electrons. The fraction of sp³-hybridized carbons (Fsp3) is 0.333. The summed E-state index contributed by atoms with van der Waals surface area (Å²) in [5.74, 6) is 1.60. The van der Waals surface area contributed by atoms with Gasteiger partial charge in [0.2, 0.25) is 0 Å². The quantitative estimate of drug-likeness (QED) is 0.736. The number of fused-ring (bicyclic) bond motifs is 1. The van der Waals surface area contributed by atoms with Crippen LogP contribution in [0.25, 0.3) is 0 Å². The van der Waals surface area contributed by atoms with E-state index in [-0.39, 0.29) is 6.04 Å². The molecule has 0 aromatic heterocycles. The van der Waals surface area contributed by atoms with Crippen molar-refractivity contribution in [1.82, 2.24) is 5.32 Å². The van der Waals surface area contributed by atoms with Gasteiger partial charge in [-0.05, 0) is 60.4 Å². The Morgan fingerprint density at radius 2 is 1.96 bits per heavy atom. The molecule has 0 spiro atoms. The highest BCUT2D eigenvalue weighted by molar-refractivity contribution is 9.11. The molecule has 0 saturated heterocycles. The zero-order valence-corrected chi connectivity index (χ0v) is 16.3. The lowest BCUT2D eigenvalue weighted by Gasteiger charge is -2.29. The smallest absolute Gasteiger partial charge is 0.161 e. The van der Waals surface area contributed by atoms with E-state index in [1.54, 1.807) is 7.11 Å². The number of hydrogen-bond donors (Lipinski definition) is 1. The maximum atomic E-state index is 5.76. The number of hydrogen-bond acceptors (Lipinski definition) is 3. The lowest BCUT2D eigenvalue weighted by atomic mass is 9.89. The zero-order chi connectivity index (χ0) is 16.4. The molecule has 1 heterocycles. The molecule has 1 N–H and O–H groups in total. The van der Waals surface area contributed by atoms with Gasteiger partial charge in [-0.25, -0.2) is 0 Å². The number of ether oxygens (including phenoxy) is 2. The van der Waals surface area contributed by atoms with Gasteiger partial charge in [0.25, 0.3) is 0 Å². The molecular formula is C18H19Br2NO2. The van der Waals surface area contributed by atoms with Gasteiger partial charge in [0.15, 0.2) is 11.5 Å². The second-order valence-corrected chi connectivity index (χ2v) is 7.21. The van der Waals surface area contributed by atoms with Crippen LogP contribution >= 0.6 is 31.9 Å². The molecule has 5 heteroatoms. The van der Waals surface area contributed by atoms with Crippen molar-refractivity contribution in [2.24, 2.45) is 0 Å². The first-order chi connectivity index (χ1) is 11.1. The number of nitrogens with one attached hydrogen (secondary N) is 1. The number of rotatable bonds is 4. The molecule has 3 nitrogen and oxygen atoms in total. The van der Waals surface area contributed by atoms with Crippen molar-refractivity contribution < 1.29 is 9.47 Å². The van der Waals surface area contributed by atoms with Gasteiger partial charge < -0.3 is 14.8 Å². The van der Waals surface area contributed by atoms with E-state index in [2.05, 4.69) is 61.4 Å². The average molecular weight is 441 g/mol. The van der Waals surface area contributed by atoms with E-state index < -0.39 is 0 Å². The predicted octanol–water partition coefficient (Wildman–Crippen LogP) is 4.85. The van der Waals surface area contributed by atoms with Crippen molar-refractivity contribution in [3.8, 4) is 11.5 Å². The summed E-state index contributed by atoms with van der Waals surface area (Å²) in [6.45, 7) is 3.54. The molecule has 2 aromatic carbocycles. The van der Waals surface area contributed by atoms with Crippen LogP contribution in [0.4, 0.5) is 0 Å². The third-order valence-corrected chi connectivity index (χ3v) is 5.26. The molecule has 0 saturated carbocycles. The molecule has 1 unspecified atom stereocenters. The first-order valence-corrected chi connectivity index (χ1v) is 9.24. The third kappa shape index (κ3) is 3.42. The summed E-state index contributed by atoms with van der Waals surface area (Å²) in [6, 6.07) is 10.6. The van der Waals surface area contributed by atoms with Crippen molar-refractivity contribution in [1.29, 1.82) is 0 Å². The minimum absolute atomic E-state index is 0.135. The van der Waals surface area contributed by atoms with Gasteiger partial charge in [-0.15, -0.1) is 0 Å². The second-order valence-electron chi connectivity index (χ2n) is 5.44. The van der Waals surface area contributed by atoms with E-state index in [0.717, 1.165) is 33.4 Å². The van der Waals surface area contributed by atoms with Gasteiger partial charge in [0, 0.05) is 15.5 Å². The first kappa shape index (κ1) is 16.8. The Balaban J connectivity index is 2.11. The summed E-state index contributed by atoms with van der Waals surface area (Å²) in [5, 5.41) is 3.62. The Bertz CT molecular complexity index is 718. The fourth-order valence-corrected chi connectivity index (χ4v) is 3.86. The van der Waals surface area contributed by atoms with Crippen molar-refractivity contribution in [3.05, 3.63) is 56.0 Å². The van der Waals surface area contributed by atoms with Crippen LogP contribution in [0, 0.1) is 0 Å². The van der Waals surface area contributed by atoms with E-state index >= 15 is 0 Å². The second kappa shape index (κ2) is 7.24. The summed E-state index contributed by atoms with van der Waals surface area (Å²) in [5.41, 5.74) is 3.77. The van der Waals surface area contributed by atoms with Crippen molar-refractivity contribution >= 4 is 31.9 Å². The van der Waals surface area contributed by atoms with E-state index in [4.69, 9.17) is 9.47 Å². The molecule has 0 aliphatic carbocycles. The van der Waals surface area contributed by atoms with Crippen molar-refractivity contribution in [2.45, 2.75) is 19.4 Å². The zero-order valence-electron chi connectivity index (χ0n) is 13.2. The summed E-state index contributed by atoms with van der Waals surface area (Å²) in [4.78, 5) is 0. The van der Waals surface area contributed by atoms with Gasteiger partial charge in [0.05, 0.1) is 19.8 Å². The topological polar surface area (TPSA) is 30.5 Å². The molecule has 1 aliphatic rings. The molecule has 0 radical (unpaired) electrons. The van der Waals surface area contributed by atoms with Crippen LogP contribution in [0.1, 0.15) is 29.7 Å². The van der Waals surface area contributed by atoms with E-state index in [9.17, 15) is 0 Å².